The summed E-state index contributed by atoms with van der Waals surface area (Å²) < 4.78 is 0. The van der Waals surface area contributed by atoms with Crippen molar-refractivity contribution in [1.82, 2.24) is 0 Å². The van der Waals surface area contributed by atoms with E-state index in [1.807, 2.05) is 0 Å². The Kier molecular flexibility index (Phi) is 670. The molecule has 0 fully saturated rings. The number of rotatable bonds is 0. The van der Waals surface area contributed by atoms with E-state index in [-0.39, 0.29) is 45.4 Å². The monoisotopic (exact) mass is 145 g/mol. The molecule has 2 radical (unpaired) electrons. The molecule has 32 valence electrons. The van der Waals surface area contributed by atoms with Crippen molar-refractivity contribution in [2.75, 3.05) is 0 Å². The molecule has 4 heteroatoms. The van der Waals surface area contributed by atoms with Gasteiger partial charge in [0.15, 0.2) is 0 Å². The van der Waals surface area contributed by atoms with Gasteiger partial charge < -0.3 is 4.79 Å². The van der Waals surface area contributed by atoms with Crippen LogP contribution < -0.4 is 0 Å². The molecule has 0 N–H and O–H groups in total. The first-order valence-electron chi connectivity index (χ1n) is 0.236. The van der Waals surface area contributed by atoms with Crippen molar-refractivity contribution >= 4 is 35.1 Å². The van der Waals surface area contributed by atoms with Crippen molar-refractivity contribution in [3.63, 3.8) is 0 Å². The van der Waals surface area contributed by atoms with Crippen LogP contribution in [0.4, 0.5) is 0 Å². The van der Waals surface area contributed by atoms with Crippen molar-refractivity contribution < 1.29 is 21.9 Å². The maximum absolute atomic E-state index is 7.75. The third-order valence-electron chi connectivity index (χ3n) is 0. The Balaban J connectivity index is -0.00000000167. The molecule has 0 spiro atoms. The molecule has 0 bridgehead atoms. The summed E-state index contributed by atoms with van der Waals surface area (Å²) in [6, 6.07) is 0. The summed E-state index contributed by atoms with van der Waals surface area (Å²) >= 11 is 0. The van der Waals surface area contributed by atoms with Crippen LogP contribution in [0.15, 0.2) is 0 Å². The first kappa shape index (κ1) is 38.5. The maximum atomic E-state index is 7.75. The van der Waals surface area contributed by atoms with Crippen molar-refractivity contribution in [1.29, 1.82) is 0 Å². The summed E-state index contributed by atoms with van der Waals surface area (Å²) in [7, 11) is 0. The van der Waals surface area contributed by atoms with E-state index >= 15 is 0 Å². The van der Waals surface area contributed by atoms with Gasteiger partial charge in [-0.05, 0) is 11.0 Å². The fourth-order valence-electron chi connectivity index (χ4n) is 0. The van der Waals surface area contributed by atoms with E-state index in [1.165, 1.54) is 0 Å². The predicted molar refractivity (Wildman–Crippen MR) is 25.2 cm³/mol. The summed E-state index contributed by atoms with van der Waals surface area (Å²) in [5.74, 6) is 0. The molecule has 0 aliphatic carbocycles. The van der Waals surface area contributed by atoms with Crippen LogP contribution in [-0.4, -0.2) is 35.1 Å². The summed E-state index contributed by atoms with van der Waals surface area (Å²) in [5.41, 5.74) is 0. The molecule has 0 aromatic heterocycles. The third kappa shape index (κ3) is 48.4. The normalized spacial score (nSPS) is 0.800. The van der Waals surface area contributed by atoms with Gasteiger partial charge in [0.2, 0.25) is 0 Å². The molecule has 0 atom stereocenters. The Bertz CT molecular complexity index is 11.6. The van der Waals surface area contributed by atoms with Crippen molar-refractivity contribution in [2.45, 2.75) is 0 Å². The van der Waals surface area contributed by atoms with Gasteiger partial charge >= 0.3 is 0 Å². The molecule has 0 amide bonds. The fourth-order valence-corrected chi connectivity index (χ4v) is 0. The Morgan fingerprint density at radius 2 is 1.20 bits per heavy atom. The second kappa shape index (κ2) is 86.9. The molecule has 5 heavy (non-hydrogen) atoms. The predicted octanol–water partition coefficient (Wildman–Crippen LogP) is -2.38. The molecule has 0 aromatic carbocycles. The van der Waals surface area contributed by atoms with E-state index < -0.39 is 0 Å². The molecule has 0 saturated carbocycles. The van der Waals surface area contributed by atoms with Crippen LogP contribution in [0.2, 0.25) is 0 Å². The molecule has 0 heterocycles. The van der Waals surface area contributed by atoms with Crippen LogP contribution in [0.1, 0.15) is 0 Å². The van der Waals surface area contributed by atoms with Crippen LogP contribution >= 0.6 is 0 Å². The summed E-state index contributed by atoms with van der Waals surface area (Å²) in [6.45, 7) is 3.25. The van der Waals surface area contributed by atoms with Crippen molar-refractivity contribution in [2.24, 2.45) is 0 Å². The van der Waals surface area contributed by atoms with Crippen LogP contribution in [0, 0.1) is 0 Å². The van der Waals surface area contributed by atoms with Gasteiger partial charge in [-0.3, -0.25) is 6.79 Å². The zero-order valence-electron chi connectivity index (χ0n) is 3.34. The van der Waals surface area contributed by atoms with Crippen LogP contribution in [0.25, 0.3) is 0 Å². The largest absolute Gasteiger partial charge is 0.545 e. The van der Waals surface area contributed by atoms with E-state index in [1.54, 1.807) is 0 Å². The molecule has 0 aromatic rings. The zero-order valence-corrected chi connectivity index (χ0v) is 8.44. The van der Waals surface area contributed by atoms with E-state index in [0.717, 1.165) is 0 Å². The second-order valence-corrected chi connectivity index (χ2v) is 0. The number of hydrogen-bond acceptors (Lipinski definition) is 1. The Hall–Kier alpha value is 0.939. The molecule has 1 nitrogen and oxygen atoms in total. The Morgan fingerprint density at radius 1 is 1.20 bits per heavy atom. The first-order chi connectivity index (χ1) is 1.00. The topological polar surface area (TPSA) is 17.1 Å². The van der Waals surface area contributed by atoms with Crippen LogP contribution in [0.5, 0.6) is 0 Å². The fraction of sp³-hybridized carbons (Fsp3) is 0. The summed E-state index contributed by atoms with van der Waals surface area (Å²) in [4.78, 5) is 7.75. The van der Waals surface area contributed by atoms with E-state index in [4.69, 9.17) is 4.79 Å². The average molecular weight is 145 g/mol. The minimum atomic E-state index is 0. The molecular formula is CH6AlFeOSi-. The molecule has 0 rings (SSSR count). The van der Waals surface area contributed by atoms with Gasteiger partial charge in [-0.1, -0.05) is 0 Å². The van der Waals surface area contributed by atoms with Crippen molar-refractivity contribution in [3.8, 4) is 0 Å². The van der Waals surface area contributed by atoms with Gasteiger partial charge in [0, 0.05) is 17.1 Å². The van der Waals surface area contributed by atoms with E-state index in [9.17, 15) is 0 Å². The molecule has 0 aliphatic heterocycles. The molecule has 0 unspecified atom stereocenters. The number of hydrogen-bond donors (Lipinski definition) is 0. The van der Waals surface area contributed by atoms with Gasteiger partial charge in [0.1, 0.15) is 17.4 Å². The van der Waals surface area contributed by atoms with Crippen LogP contribution in [0.3, 0.4) is 0 Å². The maximum Gasteiger partial charge on any atom is 0.146 e. The standard InChI is InChI=1S/CHO.Al.Fe.H3Si.2H/c1-2;;;;;/h1H;;;1H3;;/q-1;;;;;. The van der Waals surface area contributed by atoms with E-state index in [2.05, 4.69) is 6.79 Å². The average Bonchev–Trinajstić information content (AvgIpc) is 1.00. The molecular weight excluding hydrogens is 139 g/mol. The molecule has 0 saturated heterocycles. The van der Waals surface area contributed by atoms with Gasteiger partial charge in [-0.2, -0.15) is 0 Å². The quantitative estimate of drug-likeness (QED) is 0.211. The van der Waals surface area contributed by atoms with Gasteiger partial charge in [-0.15, -0.1) is 0 Å². The third-order valence-corrected chi connectivity index (χ3v) is 0. The Labute approximate surface area is 57.1 Å². The summed E-state index contributed by atoms with van der Waals surface area (Å²) in [6.07, 6.45) is 0. The zero-order chi connectivity index (χ0) is 2.00. The van der Waals surface area contributed by atoms with Crippen LogP contribution in [-0.2, 0) is 21.9 Å². The van der Waals surface area contributed by atoms with Gasteiger partial charge in [0.25, 0.3) is 0 Å². The SMILES string of the molecule is [AlH2].[CH-]=O.[Fe].[SiH3]. The Morgan fingerprint density at radius 3 is 1.20 bits per heavy atom. The molecule has 0 aliphatic rings. The minimum absolute atomic E-state index is 0. The van der Waals surface area contributed by atoms with E-state index in [0.29, 0.717) is 0 Å². The smallest absolute Gasteiger partial charge is 0.146 e. The first-order valence-corrected chi connectivity index (χ1v) is 0.236. The minimum Gasteiger partial charge on any atom is -0.545 e. The van der Waals surface area contributed by atoms with Crippen molar-refractivity contribution in [3.05, 3.63) is 0 Å². The number of carbonyl (C=O) groups excluding carboxylic acids is 1. The summed E-state index contributed by atoms with van der Waals surface area (Å²) in [5, 5.41) is 0. The van der Waals surface area contributed by atoms with Gasteiger partial charge in [-0.25, -0.2) is 0 Å². The second-order valence-electron chi connectivity index (χ2n) is 0. The van der Waals surface area contributed by atoms with Gasteiger partial charge in [0.05, 0.1) is 0 Å².